The first-order valence-corrected chi connectivity index (χ1v) is 8.69. The molecule has 8 heteroatoms. The molecule has 1 amide bonds. The molecule has 0 aliphatic heterocycles. The van der Waals surface area contributed by atoms with Gasteiger partial charge in [-0.1, -0.05) is 30.9 Å². The van der Waals surface area contributed by atoms with Crippen LogP contribution in [0.1, 0.15) is 49.4 Å². The molecule has 0 bridgehead atoms. The third kappa shape index (κ3) is 5.42. The molecule has 2 rings (SSSR count). The van der Waals surface area contributed by atoms with Gasteiger partial charge in [0.2, 0.25) is 0 Å². The van der Waals surface area contributed by atoms with E-state index in [0.29, 0.717) is 12.5 Å². The van der Waals surface area contributed by atoms with Crippen LogP contribution in [0.4, 0.5) is 5.69 Å². The van der Waals surface area contributed by atoms with Gasteiger partial charge in [-0.3, -0.25) is 14.9 Å². The number of nitrogens with one attached hydrogen (secondary N) is 1. The van der Waals surface area contributed by atoms with Crippen LogP contribution in [-0.4, -0.2) is 29.4 Å². The second-order valence-corrected chi connectivity index (χ2v) is 6.63. The molecule has 1 unspecified atom stereocenters. The van der Waals surface area contributed by atoms with Crippen molar-refractivity contribution in [2.24, 2.45) is 5.92 Å². The summed E-state index contributed by atoms with van der Waals surface area (Å²) in [4.78, 5) is 34.4. The highest BCUT2D eigenvalue weighted by Gasteiger charge is 2.23. The first-order valence-electron chi connectivity index (χ1n) is 8.31. The third-order valence-corrected chi connectivity index (χ3v) is 4.65. The Bertz CT molecular complexity index is 658. The Hall–Kier alpha value is -2.15. The Morgan fingerprint density at radius 3 is 2.68 bits per heavy atom. The number of hydrogen-bond acceptors (Lipinski definition) is 5. The summed E-state index contributed by atoms with van der Waals surface area (Å²) in [7, 11) is 0. The summed E-state index contributed by atoms with van der Waals surface area (Å²) < 4.78 is 5.10. The fraction of sp³-hybridized carbons (Fsp3) is 0.529. The van der Waals surface area contributed by atoms with Crippen molar-refractivity contribution in [3.8, 4) is 0 Å². The number of carbonyl (C=O) groups excluding carboxylic acids is 2. The summed E-state index contributed by atoms with van der Waals surface area (Å²) in [6.45, 7) is 2.03. The lowest BCUT2D eigenvalue weighted by atomic mass is 9.89. The normalized spacial score (nSPS) is 16.1. The number of amides is 1. The minimum absolute atomic E-state index is 0.0328. The number of nitro groups is 1. The van der Waals surface area contributed by atoms with E-state index in [1.54, 1.807) is 0 Å². The van der Waals surface area contributed by atoms with E-state index in [2.05, 4.69) is 5.32 Å². The SMILES string of the molecule is CC(OC(=O)c1cc([N+](=O)[O-])ccc1Cl)C(=O)NCC1CCCCC1. The molecule has 1 N–H and O–H groups in total. The molecule has 1 aromatic carbocycles. The first kappa shape index (κ1) is 19.2. The molecule has 136 valence electrons. The van der Waals surface area contributed by atoms with Gasteiger partial charge in [-0.05, 0) is 31.7 Å². The van der Waals surface area contributed by atoms with Crippen molar-refractivity contribution in [2.45, 2.75) is 45.1 Å². The molecule has 1 saturated carbocycles. The zero-order valence-electron chi connectivity index (χ0n) is 14.0. The summed E-state index contributed by atoms with van der Waals surface area (Å²) in [5.74, 6) is -0.790. The average molecular weight is 369 g/mol. The maximum absolute atomic E-state index is 12.2. The summed E-state index contributed by atoms with van der Waals surface area (Å²) in [5.41, 5.74) is -0.409. The monoisotopic (exact) mass is 368 g/mol. The molecule has 1 atom stereocenters. The van der Waals surface area contributed by atoms with Gasteiger partial charge in [0.05, 0.1) is 15.5 Å². The lowest BCUT2D eigenvalue weighted by Gasteiger charge is -2.22. The van der Waals surface area contributed by atoms with Crippen molar-refractivity contribution in [3.05, 3.63) is 38.9 Å². The minimum Gasteiger partial charge on any atom is -0.449 e. The number of ether oxygens (including phenoxy) is 1. The van der Waals surface area contributed by atoms with Crippen molar-refractivity contribution < 1.29 is 19.2 Å². The van der Waals surface area contributed by atoms with E-state index in [9.17, 15) is 19.7 Å². The molecular weight excluding hydrogens is 348 g/mol. The molecule has 1 aliphatic carbocycles. The van der Waals surface area contributed by atoms with Crippen LogP contribution < -0.4 is 5.32 Å². The predicted molar refractivity (Wildman–Crippen MR) is 92.6 cm³/mol. The maximum atomic E-state index is 12.2. The van der Waals surface area contributed by atoms with E-state index in [-0.39, 0.29) is 22.2 Å². The van der Waals surface area contributed by atoms with Gasteiger partial charge < -0.3 is 10.1 Å². The zero-order valence-corrected chi connectivity index (χ0v) is 14.8. The highest BCUT2D eigenvalue weighted by Crippen LogP contribution is 2.24. The van der Waals surface area contributed by atoms with E-state index in [1.165, 1.54) is 38.3 Å². The fourth-order valence-corrected chi connectivity index (χ4v) is 3.04. The second-order valence-electron chi connectivity index (χ2n) is 6.22. The summed E-state index contributed by atoms with van der Waals surface area (Å²) in [6, 6.07) is 3.49. The molecule has 0 aromatic heterocycles. The molecule has 0 saturated heterocycles. The first-order chi connectivity index (χ1) is 11.9. The number of halogens is 1. The molecule has 1 aromatic rings. The molecule has 0 spiro atoms. The van der Waals surface area contributed by atoms with E-state index < -0.39 is 17.0 Å². The third-order valence-electron chi connectivity index (χ3n) is 4.32. The fourth-order valence-electron chi connectivity index (χ4n) is 2.84. The largest absolute Gasteiger partial charge is 0.449 e. The van der Waals surface area contributed by atoms with Crippen LogP contribution in [0.5, 0.6) is 0 Å². The Morgan fingerprint density at radius 1 is 1.36 bits per heavy atom. The van der Waals surface area contributed by atoms with Crippen LogP contribution in [0.2, 0.25) is 5.02 Å². The maximum Gasteiger partial charge on any atom is 0.340 e. The van der Waals surface area contributed by atoms with E-state index >= 15 is 0 Å². The van der Waals surface area contributed by atoms with Crippen molar-refractivity contribution in [3.63, 3.8) is 0 Å². The van der Waals surface area contributed by atoms with E-state index in [4.69, 9.17) is 16.3 Å². The quantitative estimate of drug-likeness (QED) is 0.470. The van der Waals surface area contributed by atoms with Gasteiger partial charge in [0.25, 0.3) is 11.6 Å². The Labute approximate surface area is 150 Å². The van der Waals surface area contributed by atoms with Crippen molar-refractivity contribution in [2.75, 3.05) is 6.54 Å². The van der Waals surface area contributed by atoms with Crippen LogP contribution in [0.3, 0.4) is 0 Å². The predicted octanol–water partition coefficient (Wildman–Crippen LogP) is 3.49. The molecule has 7 nitrogen and oxygen atoms in total. The van der Waals surface area contributed by atoms with Gasteiger partial charge in [-0.2, -0.15) is 0 Å². The van der Waals surface area contributed by atoms with Gasteiger partial charge in [-0.25, -0.2) is 4.79 Å². The number of carbonyl (C=O) groups is 2. The standard InChI is InChI=1S/C17H21ClN2O5/c1-11(16(21)19-10-12-5-3-2-4-6-12)25-17(22)14-9-13(20(23)24)7-8-15(14)18/h7-9,11-12H,2-6,10H2,1H3,(H,19,21). The number of benzene rings is 1. The lowest BCUT2D eigenvalue weighted by Crippen LogP contribution is -2.38. The van der Waals surface area contributed by atoms with Crippen LogP contribution in [0.25, 0.3) is 0 Å². The molecular formula is C17H21ClN2O5. The molecule has 0 heterocycles. The highest BCUT2D eigenvalue weighted by molar-refractivity contribution is 6.33. The van der Waals surface area contributed by atoms with Crippen LogP contribution in [0, 0.1) is 16.0 Å². The molecule has 1 fully saturated rings. The molecule has 25 heavy (non-hydrogen) atoms. The second kappa shape index (κ2) is 8.80. The van der Waals surface area contributed by atoms with Crippen LogP contribution in [0.15, 0.2) is 18.2 Å². The minimum atomic E-state index is -1.01. The number of hydrogen-bond donors (Lipinski definition) is 1. The van der Waals surface area contributed by atoms with Gasteiger partial charge in [-0.15, -0.1) is 0 Å². The summed E-state index contributed by atoms with van der Waals surface area (Å²) in [6.07, 6.45) is 4.77. The van der Waals surface area contributed by atoms with E-state index in [1.807, 2.05) is 0 Å². The van der Waals surface area contributed by atoms with Gasteiger partial charge in [0, 0.05) is 18.7 Å². The number of nitrogens with zero attached hydrogens (tertiary/aromatic N) is 1. The number of nitro benzene ring substituents is 1. The number of non-ortho nitro benzene ring substituents is 1. The van der Waals surface area contributed by atoms with E-state index in [0.717, 1.165) is 18.9 Å². The summed E-state index contributed by atoms with van der Waals surface area (Å²) in [5, 5.41) is 13.6. The smallest absolute Gasteiger partial charge is 0.340 e. The van der Waals surface area contributed by atoms with Gasteiger partial charge in [0.15, 0.2) is 6.10 Å². The highest BCUT2D eigenvalue weighted by atomic mass is 35.5. The van der Waals surface area contributed by atoms with Gasteiger partial charge in [0.1, 0.15) is 0 Å². The van der Waals surface area contributed by atoms with Crippen molar-refractivity contribution in [1.82, 2.24) is 5.32 Å². The Morgan fingerprint density at radius 2 is 2.04 bits per heavy atom. The van der Waals surface area contributed by atoms with Crippen molar-refractivity contribution >= 4 is 29.2 Å². The summed E-state index contributed by atoms with van der Waals surface area (Å²) >= 11 is 5.90. The topological polar surface area (TPSA) is 98.5 Å². The Balaban J connectivity index is 1.91. The molecule has 1 aliphatic rings. The average Bonchev–Trinajstić information content (AvgIpc) is 2.60. The number of esters is 1. The Kier molecular flexibility index (Phi) is 6.75. The van der Waals surface area contributed by atoms with Gasteiger partial charge >= 0.3 is 5.97 Å². The molecule has 0 radical (unpaired) electrons. The number of rotatable bonds is 6. The lowest BCUT2D eigenvalue weighted by molar-refractivity contribution is -0.384. The zero-order chi connectivity index (χ0) is 18.4. The van der Waals surface area contributed by atoms with Crippen LogP contribution >= 0.6 is 11.6 Å². The van der Waals surface area contributed by atoms with Crippen molar-refractivity contribution in [1.29, 1.82) is 0 Å². The van der Waals surface area contributed by atoms with Crippen LogP contribution in [-0.2, 0) is 9.53 Å².